The molecule has 4 nitrogen and oxygen atoms in total. The van der Waals surface area contributed by atoms with Crippen LogP contribution in [0.3, 0.4) is 0 Å². The van der Waals surface area contributed by atoms with Gasteiger partial charge in [-0.15, -0.1) is 0 Å². The van der Waals surface area contributed by atoms with Crippen molar-refractivity contribution in [3.63, 3.8) is 0 Å². The average Bonchev–Trinajstić information content (AvgIpc) is 2.44. The van der Waals surface area contributed by atoms with Gasteiger partial charge in [-0.3, -0.25) is 14.6 Å². The molecule has 1 aromatic carbocycles. The summed E-state index contributed by atoms with van der Waals surface area (Å²) in [4.78, 5) is 25.8. The van der Waals surface area contributed by atoms with Gasteiger partial charge in [-0.05, 0) is 37.1 Å². The Morgan fingerprint density at radius 1 is 1.06 bits per heavy atom. The summed E-state index contributed by atoms with van der Waals surface area (Å²) in [5.74, 6) is -0.163. The van der Waals surface area contributed by atoms with E-state index in [9.17, 15) is 9.59 Å². The van der Waals surface area contributed by atoms with Crippen LogP contribution in [0.25, 0.3) is 0 Å². The zero-order valence-electron chi connectivity index (χ0n) is 9.65. The molecule has 4 heteroatoms. The minimum Gasteiger partial charge on any atom is -0.285 e. The second-order valence-electron chi connectivity index (χ2n) is 4.17. The normalized spacial score (nSPS) is 16.2. The number of benzene rings is 1. The van der Waals surface area contributed by atoms with Crippen molar-refractivity contribution < 1.29 is 9.59 Å². The number of hydrogen-bond donors (Lipinski definition) is 0. The minimum atomic E-state index is -0.255. The van der Waals surface area contributed by atoms with E-state index in [0.717, 1.165) is 21.7 Å². The predicted octanol–water partition coefficient (Wildman–Crippen LogP) is 1.70. The molecule has 1 saturated heterocycles. The van der Waals surface area contributed by atoms with Gasteiger partial charge in [-0.2, -0.15) is 0 Å². The predicted molar refractivity (Wildman–Crippen MR) is 61.4 cm³/mol. The molecule has 16 heavy (non-hydrogen) atoms. The third kappa shape index (κ3) is 1.66. The van der Waals surface area contributed by atoms with Crippen molar-refractivity contribution >= 4 is 17.6 Å². The van der Waals surface area contributed by atoms with Crippen LogP contribution in [0.1, 0.15) is 11.1 Å². The molecule has 0 saturated carbocycles. The molecule has 0 atom stereocenters. The van der Waals surface area contributed by atoms with Gasteiger partial charge in [0, 0.05) is 12.7 Å². The Balaban J connectivity index is 2.38. The Kier molecular flexibility index (Phi) is 2.42. The van der Waals surface area contributed by atoms with Crippen LogP contribution in [0.15, 0.2) is 18.2 Å². The lowest BCUT2D eigenvalue weighted by Crippen LogP contribution is -2.29. The number of likely N-dealkylation sites (N-methyl/N-ethyl adjacent to an activating group) is 1. The fraction of sp³-hybridized carbons (Fsp3) is 0.333. The molecule has 1 aromatic rings. The minimum absolute atomic E-state index is 0.137. The number of nitrogens with zero attached hydrogens (tertiary/aromatic N) is 2. The van der Waals surface area contributed by atoms with Crippen molar-refractivity contribution in [1.29, 1.82) is 0 Å². The quantitative estimate of drug-likeness (QED) is 0.673. The van der Waals surface area contributed by atoms with Crippen LogP contribution in [0.4, 0.5) is 10.5 Å². The topological polar surface area (TPSA) is 40.6 Å². The first-order valence-electron chi connectivity index (χ1n) is 5.15. The van der Waals surface area contributed by atoms with Gasteiger partial charge in [0.15, 0.2) is 0 Å². The van der Waals surface area contributed by atoms with Crippen LogP contribution >= 0.6 is 0 Å². The molecule has 2 rings (SSSR count). The number of carbonyl (C=O) groups is 2. The summed E-state index contributed by atoms with van der Waals surface area (Å²) in [5, 5.41) is 0. The van der Waals surface area contributed by atoms with Crippen molar-refractivity contribution in [2.45, 2.75) is 13.8 Å². The number of aryl methyl sites for hydroxylation is 2. The fourth-order valence-electron chi connectivity index (χ4n) is 1.90. The zero-order chi connectivity index (χ0) is 11.9. The number of imide groups is 1. The number of rotatable bonds is 1. The number of carbonyl (C=O) groups excluding carboxylic acids is 2. The highest BCUT2D eigenvalue weighted by molar-refractivity contribution is 6.11. The van der Waals surface area contributed by atoms with E-state index in [2.05, 4.69) is 0 Å². The first kappa shape index (κ1) is 10.7. The fourth-order valence-corrected chi connectivity index (χ4v) is 1.90. The van der Waals surface area contributed by atoms with Crippen molar-refractivity contribution in [2.75, 3.05) is 18.5 Å². The summed E-state index contributed by atoms with van der Waals surface area (Å²) in [6, 6.07) is 5.61. The van der Waals surface area contributed by atoms with Crippen molar-refractivity contribution in [3.8, 4) is 0 Å². The summed E-state index contributed by atoms with van der Waals surface area (Å²) < 4.78 is 0. The molecule has 1 fully saturated rings. The second kappa shape index (κ2) is 3.63. The highest BCUT2D eigenvalue weighted by Gasteiger charge is 2.33. The second-order valence-corrected chi connectivity index (χ2v) is 4.17. The third-order valence-corrected chi connectivity index (χ3v) is 2.70. The smallest absolute Gasteiger partial charge is 0.285 e. The molecular weight excluding hydrogens is 204 g/mol. The Morgan fingerprint density at radius 3 is 2.06 bits per heavy atom. The highest BCUT2D eigenvalue weighted by atomic mass is 16.2. The molecule has 1 aliphatic heterocycles. The molecule has 0 bridgehead atoms. The maximum Gasteiger partial charge on any atom is 0.331 e. The van der Waals surface area contributed by atoms with Gasteiger partial charge in [0.1, 0.15) is 6.54 Å². The molecule has 0 spiro atoms. The molecule has 3 amide bonds. The van der Waals surface area contributed by atoms with Crippen LogP contribution in [0, 0.1) is 13.8 Å². The van der Waals surface area contributed by atoms with Crippen molar-refractivity contribution in [1.82, 2.24) is 4.90 Å². The maximum absolute atomic E-state index is 11.8. The molecule has 1 heterocycles. The van der Waals surface area contributed by atoms with Crippen LogP contribution in [0.2, 0.25) is 0 Å². The number of hydrogen-bond acceptors (Lipinski definition) is 2. The van der Waals surface area contributed by atoms with Crippen molar-refractivity contribution in [3.05, 3.63) is 29.3 Å². The summed E-state index contributed by atoms with van der Waals surface area (Å²) in [5.41, 5.74) is 2.97. The van der Waals surface area contributed by atoms with E-state index in [4.69, 9.17) is 0 Å². The van der Waals surface area contributed by atoms with E-state index in [0.29, 0.717) is 0 Å². The van der Waals surface area contributed by atoms with Gasteiger partial charge in [0.25, 0.3) is 0 Å². The van der Waals surface area contributed by atoms with Crippen LogP contribution < -0.4 is 4.90 Å². The Labute approximate surface area is 94.5 Å². The number of anilines is 1. The largest absolute Gasteiger partial charge is 0.331 e. The van der Waals surface area contributed by atoms with E-state index >= 15 is 0 Å². The summed E-state index contributed by atoms with van der Waals surface area (Å²) >= 11 is 0. The number of amides is 3. The maximum atomic E-state index is 11.8. The first-order chi connectivity index (χ1) is 7.49. The Bertz CT molecular complexity index is 448. The molecule has 0 aromatic heterocycles. The lowest BCUT2D eigenvalue weighted by Gasteiger charge is -2.16. The Morgan fingerprint density at radius 2 is 1.62 bits per heavy atom. The van der Waals surface area contributed by atoms with Gasteiger partial charge in [-0.1, -0.05) is 6.07 Å². The van der Waals surface area contributed by atoms with Crippen LogP contribution in [0.5, 0.6) is 0 Å². The Hall–Kier alpha value is -1.84. The van der Waals surface area contributed by atoms with Gasteiger partial charge < -0.3 is 0 Å². The monoisotopic (exact) mass is 218 g/mol. The summed E-state index contributed by atoms with van der Waals surface area (Å²) in [6.07, 6.45) is 0. The van der Waals surface area contributed by atoms with Gasteiger partial charge >= 0.3 is 6.03 Å². The molecule has 0 radical (unpaired) electrons. The summed E-state index contributed by atoms with van der Waals surface area (Å²) in [7, 11) is 1.51. The lowest BCUT2D eigenvalue weighted by molar-refractivity contribution is -0.123. The highest BCUT2D eigenvalue weighted by Crippen LogP contribution is 2.22. The SMILES string of the molecule is Cc1cc(C)cc(N2CC(=O)N(C)C2=O)c1. The van der Waals surface area contributed by atoms with E-state index in [1.165, 1.54) is 11.9 Å². The third-order valence-electron chi connectivity index (χ3n) is 2.70. The van der Waals surface area contributed by atoms with Gasteiger partial charge in [0.2, 0.25) is 5.91 Å². The molecular formula is C12H14N2O2. The molecule has 0 aliphatic carbocycles. The molecule has 0 N–H and O–H groups in total. The van der Waals surface area contributed by atoms with E-state index in [-0.39, 0.29) is 18.5 Å². The van der Waals surface area contributed by atoms with E-state index in [1.54, 1.807) is 0 Å². The lowest BCUT2D eigenvalue weighted by atomic mass is 10.1. The molecule has 1 aliphatic rings. The zero-order valence-corrected chi connectivity index (χ0v) is 9.65. The van der Waals surface area contributed by atoms with Crippen LogP contribution in [-0.4, -0.2) is 30.4 Å². The van der Waals surface area contributed by atoms with Gasteiger partial charge in [0.05, 0.1) is 0 Å². The number of urea groups is 1. The first-order valence-corrected chi connectivity index (χ1v) is 5.15. The standard InChI is InChI=1S/C12H14N2O2/c1-8-4-9(2)6-10(5-8)14-7-11(15)13(3)12(14)16/h4-6H,7H2,1-3H3. The van der Waals surface area contributed by atoms with E-state index in [1.807, 2.05) is 32.0 Å². The van der Waals surface area contributed by atoms with Gasteiger partial charge in [-0.25, -0.2) is 4.79 Å². The average molecular weight is 218 g/mol. The summed E-state index contributed by atoms with van der Waals surface area (Å²) in [6.45, 7) is 4.09. The van der Waals surface area contributed by atoms with Crippen molar-refractivity contribution in [2.24, 2.45) is 0 Å². The van der Waals surface area contributed by atoms with Crippen LogP contribution in [-0.2, 0) is 4.79 Å². The van der Waals surface area contributed by atoms with E-state index < -0.39 is 0 Å². The molecule has 84 valence electrons. The molecule has 0 unspecified atom stereocenters.